The van der Waals surface area contributed by atoms with Crippen LogP contribution in [0.3, 0.4) is 0 Å². The Bertz CT molecular complexity index is 405. The molecule has 4 heteroatoms. The Balaban J connectivity index is 2.14. The lowest BCUT2D eigenvalue weighted by atomic mass is 9.99. The first kappa shape index (κ1) is 12.0. The van der Waals surface area contributed by atoms with E-state index < -0.39 is 6.10 Å². The lowest BCUT2D eigenvalue weighted by Crippen LogP contribution is -2.19. The van der Waals surface area contributed by atoms with Gasteiger partial charge in [-0.2, -0.15) is 0 Å². The van der Waals surface area contributed by atoms with Crippen LogP contribution in [0.1, 0.15) is 37.1 Å². The molecule has 1 aromatic rings. The number of carbonyl (C=O) groups excluding carboxylic acids is 1. The zero-order valence-electron chi connectivity index (χ0n) is 9.93. The maximum Gasteiger partial charge on any atom is 0.309 e. The second-order valence-electron chi connectivity index (χ2n) is 4.29. The van der Waals surface area contributed by atoms with E-state index in [1.807, 2.05) is 12.1 Å². The molecule has 0 saturated heterocycles. The molecule has 1 heterocycles. The third-order valence-corrected chi connectivity index (χ3v) is 3.13. The number of hydrogen-bond acceptors (Lipinski definition) is 4. The van der Waals surface area contributed by atoms with Crippen LogP contribution in [0.25, 0.3) is 0 Å². The minimum absolute atomic E-state index is 0.209. The largest absolute Gasteiger partial charge is 0.466 e. The van der Waals surface area contributed by atoms with E-state index in [9.17, 15) is 9.90 Å². The molecule has 0 bridgehead atoms. The summed E-state index contributed by atoms with van der Waals surface area (Å²) in [5.74, 6) is -0.432. The number of pyridine rings is 1. The predicted molar refractivity (Wildman–Crippen MR) is 62.3 cm³/mol. The molecule has 17 heavy (non-hydrogen) atoms. The second-order valence-corrected chi connectivity index (χ2v) is 4.29. The van der Waals surface area contributed by atoms with Crippen molar-refractivity contribution in [2.45, 2.75) is 32.3 Å². The molecule has 0 aromatic carbocycles. The smallest absolute Gasteiger partial charge is 0.309 e. The van der Waals surface area contributed by atoms with E-state index in [4.69, 9.17) is 4.74 Å². The van der Waals surface area contributed by atoms with Gasteiger partial charge < -0.3 is 9.84 Å². The first-order valence-corrected chi connectivity index (χ1v) is 6.01. The first-order valence-electron chi connectivity index (χ1n) is 6.01. The Morgan fingerprint density at radius 2 is 2.47 bits per heavy atom. The van der Waals surface area contributed by atoms with Gasteiger partial charge in [0.2, 0.25) is 0 Å². The van der Waals surface area contributed by atoms with Gasteiger partial charge in [-0.25, -0.2) is 0 Å². The van der Waals surface area contributed by atoms with Crippen LogP contribution in [0, 0.1) is 5.92 Å². The average Bonchev–Trinajstić information content (AvgIpc) is 2.50. The second kappa shape index (κ2) is 5.27. The first-order chi connectivity index (χ1) is 8.22. The zero-order valence-corrected chi connectivity index (χ0v) is 9.93. The van der Waals surface area contributed by atoms with Gasteiger partial charge in [-0.3, -0.25) is 9.78 Å². The Hall–Kier alpha value is -1.42. The lowest BCUT2D eigenvalue weighted by molar-refractivity contribution is -0.149. The van der Waals surface area contributed by atoms with E-state index in [1.54, 1.807) is 13.1 Å². The molecular weight excluding hydrogens is 218 g/mol. The summed E-state index contributed by atoms with van der Waals surface area (Å²) in [6, 6.07) is 3.81. The standard InChI is InChI=1S/C13H17NO3/c1-2-17-13(16)10-6-5-9-4-3-7-14-12(9)11(15)8-10/h3-4,7,10-11,15H,2,5-6,8H2,1H3/t10-,11+/m1/s1. The number of aromatic nitrogens is 1. The van der Waals surface area contributed by atoms with Crippen LogP contribution in [0.5, 0.6) is 0 Å². The Morgan fingerprint density at radius 3 is 3.24 bits per heavy atom. The van der Waals surface area contributed by atoms with E-state index in [-0.39, 0.29) is 11.9 Å². The summed E-state index contributed by atoms with van der Waals surface area (Å²) in [6.45, 7) is 2.18. The van der Waals surface area contributed by atoms with Crippen LogP contribution in [0.2, 0.25) is 0 Å². The topological polar surface area (TPSA) is 59.4 Å². The molecule has 1 aliphatic rings. The highest BCUT2D eigenvalue weighted by molar-refractivity contribution is 5.72. The molecule has 92 valence electrons. The molecule has 0 radical (unpaired) electrons. The van der Waals surface area contributed by atoms with Gasteiger partial charge in [0.15, 0.2) is 0 Å². The monoisotopic (exact) mass is 235 g/mol. The molecule has 0 saturated carbocycles. The summed E-state index contributed by atoms with van der Waals surface area (Å²) in [4.78, 5) is 15.9. The minimum atomic E-state index is -0.664. The van der Waals surface area contributed by atoms with E-state index in [1.165, 1.54) is 0 Å². The van der Waals surface area contributed by atoms with E-state index in [0.29, 0.717) is 25.1 Å². The predicted octanol–water partition coefficient (Wildman–Crippen LogP) is 1.63. The van der Waals surface area contributed by atoms with Gasteiger partial charge in [-0.1, -0.05) is 6.07 Å². The van der Waals surface area contributed by atoms with Gasteiger partial charge in [0.05, 0.1) is 24.3 Å². The summed E-state index contributed by atoms with van der Waals surface area (Å²) in [6.07, 6.45) is 2.90. The highest BCUT2D eigenvalue weighted by atomic mass is 16.5. The third-order valence-electron chi connectivity index (χ3n) is 3.13. The number of nitrogens with zero attached hydrogens (tertiary/aromatic N) is 1. The highest BCUT2D eigenvalue weighted by Crippen LogP contribution is 2.30. The molecule has 0 fully saturated rings. The minimum Gasteiger partial charge on any atom is -0.466 e. The van der Waals surface area contributed by atoms with Gasteiger partial charge in [-0.05, 0) is 37.8 Å². The molecule has 0 amide bonds. The summed E-state index contributed by atoms with van der Waals surface area (Å²) in [5, 5.41) is 10.1. The van der Waals surface area contributed by atoms with Crippen molar-refractivity contribution >= 4 is 5.97 Å². The van der Waals surface area contributed by atoms with E-state index >= 15 is 0 Å². The quantitative estimate of drug-likeness (QED) is 0.625. The third kappa shape index (κ3) is 2.64. The van der Waals surface area contributed by atoms with Gasteiger partial charge in [0, 0.05) is 6.20 Å². The normalized spacial score (nSPS) is 23.6. The molecule has 1 aromatic heterocycles. The lowest BCUT2D eigenvalue weighted by Gasteiger charge is -2.14. The number of aryl methyl sites for hydroxylation is 1. The number of aliphatic hydroxyl groups excluding tert-OH is 1. The van der Waals surface area contributed by atoms with Crippen molar-refractivity contribution in [3.8, 4) is 0 Å². The molecule has 1 aliphatic carbocycles. The van der Waals surface area contributed by atoms with E-state index in [2.05, 4.69) is 4.98 Å². The van der Waals surface area contributed by atoms with E-state index in [0.717, 1.165) is 12.0 Å². The fraction of sp³-hybridized carbons (Fsp3) is 0.538. The zero-order chi connectivity index (χ0) is 12.3. The molecule has 4 nitrogen and oxygen atoms in total. The Kier molecular flexibility index (Phi) is 3.74. The molecule has 2 rings (SSSR count). The maximum atomic E-state index is 11.7. The van der Waals surface area contributed by atoms with Crippen LogP contribution in [-0.2, 0) is 16.0 Å². The molecule has 0 spiro atoms. The van der Waals surface area contributed by atoms with Gasteiger partial charge >= 0.3 is 5.97 Å². The average molecular weight is 235 g/mol. The van der Waals surface area contributed by atoms with Gasteiger partial charge in [0.25, 0.3) is 0 Å². The fourth-order valence-electron chi connectivity index (χ4n) is 2.27. The van der Waals surface area contributed by atoms with Crippen molar-refractivity contribution in [3.63, 3.8) is 0 Å². The Labute approximate surface area is 101 Å². The van der Waals surface area contributed by atoms with Crippen LogP contribution in [-0.4, -0.2) is 22.7 Å². The highest BCUT2D eigenvalue weighted by Gasteiger charge is 2.29. The summed E-state index contributed by atoms with van der Waals surface area (Å²) in [7, 11) is 0. The van der Waals surface area contributed by atoms with Crippen molar-refractivity contribution < 1.29 is 14.6 Å². The number of aliphatic hydroxyl groups is 1. The maximum absolute atomic E-state index is 11.7. The summed E-state index contributed by atoms with van der Waals surface area (Å²) >= 11 is 0. The molecule has 0 unspecified atom stereocenters. The van der Waals surface area contributed by atoms with Crippen molar-refractivity contribution in [2.75, 3.05) is 6.61 Å². The van der Waals surface area contributed by atoms with Crippen molar-refractivity contribution in [3.05, 3.63) is 29.6 Å². The van der Waals surface area contributed by atoms with Crippen LogP contribution in [0.15, 0.2) is 18.3 Å². The number of ether oxygens (including phenoxy) is 1. The number of hydrogen-bond donors (Lipinski definition) is 1. The number of esters is 1. The number of rotatable bonds is 2. The van der Waals surface area contributed by atoms with Crippen molar-refractivity contribution in [2.24, 2.45) is 5.92 Å². The van der Waals surface area contributed by atoms with Crippen LogP contribution < -0.4 is 0 Å². The molecule has 0 aliphatic heterocycles. The fourth-order valence-corrected chi connectivity index (χ4v) is 2.27. The summed E-state index contributed by atoms with van der Waals surface area (Å²) < 4.78 is 5.01. The SMILES string of the molecule is CCOC(=O)[C@@H]1CCc2cccnc2[C@@H](O)C1. The van der Waals surface area contributed by atoms with Gasteiger partial charge in [-0.15, -0.1) is 0 Å². The molecule has 2 atom stereocenters. The molecular formula is C13H17NO3. The number of fused-ring (bicyclic) bond motifs is 1. The molecule has 1 N–H and O–H groups in total. The Morgan fingerprint density at radius 1 is 1.65 bits per heavy atom. The van der Waals surface area contributed by atoms with Crippen LogP contribution >= 0.6 is 0 Å². The number of carbonyl (C=O) groups is 1. The summed E-state index contributed by atoms with van der Waals surface area (Å²) in [5.41, 5.74) is 1.74. The van der Waals surface area contributed by atoms with Gasteiger partial charge in [0.1, 0.15) is 0 Å². The van der Waals surface area contributed by atoms with Crippen molar-refractivity contribution in [1.82, 2.24) is 4.98 Å². The van der Waals surface area contributed by atoms with Crippen molar-refractivity contribution in [1.29, 1.82) is 0 Å². The van der Waals surface area contributed by atoms with Crippen LogP contribution in [0.4, 0.5) is 0 Å².